The Balaban J connectivity index is 1.34. The highest BCUT2D eigenvalue weighted by Gasteiger charge is 2.33. The largest absolute Gasteiger partial charge is 0.369 e. The molecule has 0 spiro atoms. The van der Waals surface area contributed by atoms with Crippen LogP contribution < -0.4 is 10.6 Å². The summed E-state index contributed by atoms with van der Waals surface area (Å²) >= 11 is 12.7. The molecule has 5 heterocycles. The summed E-state index contributed by atoms with van der Waals surface area (Å²) in [6.45, 7) is 7.62. The Kier molecular flexibility index (Phi) is 6.41. The lowest BCUT2D eigenvalue weighted by Crippen LogP contribution is -2.45. The molecule has 1 aliphatic heterocycles. The number of piperidine rings is 1. The summed E-state index contributed by atoms with van der Waals surface area (Å²) in [7, 11) is 0. The van der Waals surface area contributed by atoms with E-state index in [0.717, 1.165) is 70.6 Å². The number of aromatic amines is 1. The number of aromatic nitrogens is 5. The summed E-state index contributed by atoms with van der Waals surface area (Å²) in [5.41, 5.74) is 5.69. The molecule has 1 saturated heterocycles. The maximum absolute atomic E-state index is 6.53. The first-order chi connectivity index (χ1) is 19.4. The van der Waals surface area contributed by atoms with Crippen LogP contribution in [0.15, 0.2) is 48.9 Å². The second-order valence-electron chi connectivity index (χ2n) is 11.8. The summed E-state index contributed by atoms with van der Waals surface area (Å²) in [5.74, 6) is 2.61. The van der Waals surface area contributed by atoms with Crippen molar-refractivity contribution in [2.45, 2.75) is 39.0 Å². The highest BCUT2D eigenvalue weighted by Crippen LogP contribution is 2.45. The predicted octanol–water partition coefficient (Wildman–Crippen LogP) is 7.47. The van der Waals surface area contributed by atoms with E-state index < -0.39 is 0 Å². The lowest BCUT2D eigenvalue weighted by atomic mass is 9.74. The van der Waals surface area contributed by atoms with Gasteiger partial charge < -0.3 is 15.6 Å². The van der Waals surface area contributed by atoms with Crippen LogP contribution in [0.5, 0.6) is 0 Å². The van der Waals surface area contributed by atoms with E-state index in [2.05, 4.69) is 45.5 Å². The van der Waals surface area contributed by atoms with Crippen LogP contribution in [-0.2, 0) is 0 Å². The van der Waals surface area contributed by atoms with E-state index in [9.17, 15) is 0 Å². The second kappa shape index (κ2) is 9.98. The number of benzene rings is 1. The van der Waals surface area contributed by atoms with Crippen molar-refractivity contribution in [1.29, 1.82) is 0 Å². The molecule has 7 nitrogen and oxygen atoms in total. The van der Waals surface area contributed by atoms with Gasteiger partial charge in [0, 0.05) is 58.1 Å². The molecule has 1 unspecified atom stereocenters. The van der Waals surface area contributed by atoms with Gasteiger partial charge in [-0.15, -0.1) is 0 Å². The lowest BCUT2D eigenvalue weighted by molar-refractivity contribution is 0.166. The number of fused-ring (bicyclic) bond motifs is 2. The summed E-state index contributed by atoms with van der Waals surface area (Å²) in [6.07, 6.45) is 9.17. The molecule has 7 rings (SSSR count). The van der Waals surface area contributed by atoms with Crippen LogP contribution in [-0.4, -0.2) is 44.6 Å². The molecule has 1 saturated carbocycles. The maximum atomic E-state index is 6.53. The first-order valence-corrected chi connectivity index (χ1v) is 14.7. The van der Waals surface area contributed by atoms with Gasteiger partial charge in [-0.3, -0.25) is 4.98 Å². The Labute approximate surface area is 243 Å². The number of H-pyrrole nitrogens is 1. The normalized spacial score (nSPS) is 18.9. The summed E-state index contributed by atoms with van der Waals surface area (Å²) in [5, 5.41) is 10.5. The van der Waals surface area contributed by atoms with Crippen LogP contribution >= 0.6 is 23.2 Å². The van der Waals surface area contributed by atoms with Crippen LogP contribution in [0, 0.1) is 11.3 Å². The number of anilines is 1. The number of nitrogens with zero attached hydrogens (tertiary/aromatic N) is 4. The highest BCUT2D eigenvalue weighted by atomic mass is 35.5. The zero-order chi connectivity index (χ0) is 27.4. The Bertz CT molecular complexity index is 1740. The third-order valence-corrected chi connectivity index (χ3v) is 9.07. The van der Waals surface area contributed by atoms with Crippen LogP contribution in [0.1, 0.15) is 44.6 Å². The van der Waals surface area contributed by atoms with Gasteiger partial charge in [0.1, 0.15) is 11.5 Å². The van der Waals surface area contributed by atoms with E-state index >= 15 is 0 Å². The van der Waals surface area contributed by atoms with Gasteiger partial charge >= 0.3 is 0 Å². The van der Waals surface area contributed by atoms with Crippen molar-refractivity contribution < 1.29 is 0 Å². The molecular formula is C31H31Cl2N7. The molecule has 1 atom stereocenters. The smallest absolute Gasteiger partial charge is 0.163 e. The van der Waals surface area contributed by atoms with Crippen LogP contribution in [0.4, 0.5) is 5.82 Å². The summed E-state index contributed by atoms with van der Waals surface area (Å²) in [4.78, 5) is 22.8. The zero-order valence-corrected chi connectivity index (χ0v) is 24.1. The fourth-order valence-electron chi connectivity index (χ4n) is 5.96. The average Bonchev–Trinajstić information content (AvgIpc) is 3.69. The molecule has 4 aromatic heterocycles. The minimum Gasteiger partial charge on any atom is -0.369 e. The zero-order valence-electron chi connectivity index (χ0n) is 22.6. The van der Waals surface area contributed by atoms with Crippen molar-refractivity contribution in [3.63, 3.8) is 0 Å². The minimum atomic E-state index is 0.208. The van der Waals surface area contributed by atoms with Gasteiger partial charge in [-0.05, 0) is 79.0 Å². The van der Waals surface area contributed by atoms with E-state index in [1.165, 1.54) is 18.4 Å². The SMILES string of the molecule is CC1(C)CNCCC1CNc1nc(-c2ccnc3[nH]c(-c4ccc(Cl)cc4Cl)cc23)nc2cncc(C3CC3)c12. The van der Waals surface area contributed by atoms with Crippen LogP contribution in [0.25, 0.3) is 44.6 Å². The maximum Gasteiger partial charge on any atom is 0.163 e. The standard InChI is InChI=1S/C31H31Cl2N7/c1-31(2)16-34-9-7-18(31)13-37-30-27-23(17-3-4-17)14-35-15-26(27)39-29(40-30)20-8-10-36-28-22(20)12-25(38-28)21-6-5-19(32)11-24(21)33/h5-6,8,10-12,14-15,17-18,34H,3-4,7,9,13,16H2,1-2H3,(H,36,38)(H,37,39,40). The molecule has 1 aromatic carbocycles. The van der Waals surface area contributed by atoms with Gasteiger partial charge in [0.05, 0.1) is 16.7 Å². The topological polar surface area (TPSA) is 91.4 Å². The Morgan fingerprint density at radius 2 is 1.90 bits per heavy atom. The van der Waals surface area contributed by atoms with Crippen molar-refractivity contribution in [2.24, 2.45) is 11.3 Å². The van der Waals surface area contributed by atoms with Crippen molar-refractivity contribution in [3.8, 4) is 22.6 Å². The van der Waals surface area contributed by atoms with Crippen LogP contribution in [0.2, 0.25) is 10.0 Å². The fourth-order valence-corrected chi connectivity index (χ4v) is 6.47. The molecule has 40 heavy (non-hydrogen) atoms. The van der Waals surface area contributed by atoms with Gasteiger partial charge in [0.15, 0.2) is 5.82 Å². The molecule has 5 aromatic rings. The third kappa shape index (κ3) is 4.70. The Morgan fingerprint density at radius 1 is 1.02 bits per heavy atom. The van der Waals surface area contributed by atoms with Crippen LogP contribution in [0.3, 0.4) is 0 Å². The van der Waals surface area contributed by atoms with Crippen molar-refractivity contribution >= 4 is 51.0 Å². The summed E-state index contributed by atoms with van der Waals surface area (Å²) in [6, 6.07) is 9.53. The first-order valence-electron chi connectivity index (χ1n) is 13.9. The van der Waals surface area contributed by atoms with E-state index in [1.807, 2.05) is 30.6 Å². The average molecular weight is 573 g/mol. The number of rotatable bonds is 6. The molecule has 2 fully saturated rings. The molecule has 3 N–H and O–H groups in total. The molecule has 1 aliphatic carbocycles. The molecule has 0 amide bonds. The number of hydrogen-bond donors (Lipinski definition) is 3. The van der Waals surface area contributed by atoms with Crippen molar-refractivity contribution in [2.75, 3.05) is 25.0 Å². The van der Waals surface area contributed by atoms with Gasteiger partial charge in [-0.2, -0.15) is 0 Å². The van der Waals surface area contributed by atoms with Gasteiger partial charge in [-0.1, -0.05) is 37.0 Å². The summed E-state index contributed by atoms with van der Waals surface area (Å²) < 4.78 is 0. The van der Waals surface area contributed by atoms with E-state index in [4.69, 9.17) is 33.2 Å². The number of halogens is 2. The molecule has 0 radical (unpaired) electrons. The second-order valence-corrected chi connectivity index (χ2v) is 12.6. The van der Waals surface area contributed by atoms with Crippen molar-refractivity contribution in [1.82, 2.24) is 30.2 Å². The highest BCUT2D eigenvalue weighted by molar-refractivity contribution is 6.36. The number of pyridine rings is 2. The Morgan fingerprint density at radius 3 is 2.70 bits per heavy atom. The number of hydrogen-bond acceptors (Lipinski definition) is 6. The quantitative estimate of drug-likeness (QED) is 0.196. The van der Waals surface area contributed by atoms with Gasteiger partial charge in [-0.25, -0.2) is 15.0 Å². The van der Waals surface area contributed by atoms with E-state index in [-0.39, 0.29) is 5.41 Å². The van der Waals surface area contributed by atoms with E-state index in [0.29, 0.717) is 27.7 Å². The Hall–Kier alpha value is -3.26. The predicted molar refractivity (Wildman–Crippen MR) is 163 cm³/mol. The third-order valence-electron chi connectivity index (χ3n) is 8.52. The van der Waals surface area contributed by atoms with Crippen molar-refractivity contribution in [3.05, 3.63) is 64.5 Å². The lowest BCUT2D eigenvalue weighted by Gasteiger charge is -2.39. The molecule has 9 heteroatoms. The van der Waals surface area contributed by atoms with Gasteiger partial charge in [0.25, 0.3) is 0 Å². The number of nitrogens with one attached hydrogen (secondary N) is 3. The fraction of sp³-hybridized carbons (Fsp3) is 0.355. The molecular weight excluding hydrogens is 541 g/mol. The first kappa shape index (κ1) is 25.7. The minimum absolute atomic E-state index is 0.208. The molecule has 2 aliphatic rings. The van der Waals surface area contributed by atoms with Gasteiger partial charge in [0.2, 0.25) is 0 Å². The molecule has 0 bridgehead atoms. The molecule has 204 valence electrons. The monoisotopic (exact) mass is 571 g/mol. The van der Waals surface area contributed by atoms with E-state index in [1.54, 1.807) is 12.3 Å².